The van der Waals surface area contributed by atoms with E-state index < -0.39 is 0 Å². The highest BCUT2D eigenvalue weighted by Gasteiger charge is 2.06. The molecule has 0 aliphatic heterocycles. The molecular weight excluding hydrogens is 262 g/mol. The number of rotatable bonds is 7. The van der Waals surface area contributed by atoms with E-state index in [1.807, 2.05) is 18.2 Å². The van der Waals surface area contributed by atoms with E-state index in [1.165, 1.54) is 5.56 Å². The molecule has 0 saturated carbocycles. The molecule has 3 nitrogen and oxygen atoms in total. The monoisotopic (exact) mass is 285 g/mol. The van der Waals surface area contributed by atoms with Gasteiger partial charge in [-0.2, -0.15) is 0 Å². The van der Waals surface area contributed by atoms with Crippen LogP contribution in [0.3, 0.4) is 0 Å². The molecule has 2 rings (SSSR count). The second-order valence-electron chi connectivity index (χ2n) is 5.21. The van der Waals surface area contributed by atoms with E-state index in [0.29, 0.717) is 0 Å². The second kappa shape index (κ2) is 7.81. The van der Waals surface area contributed by atoms with E-state index in [-0.39, 0.29) is 6.10 Å². The Balaban J connectivity index is 2.06. The summed E-state index contributed by atoms with van der Waals surface area (Å²) in [6.45, 7) is 3.34. The topological polar surface area (TPSA) is 41.5 Å². The summed E-state index contributed by atoms with van der Waals surface area (Å²) < 4.78 is 5.50. The third kappa shape index (κ3) is 4.59. The van der Waals surface area contributed by atoms with Gasteiger partial charge < -0.3 is 15.2 Å². The molecule has 0 aromatic heterocycles. The predicted molar refractivity (Wildman–Crippen MR) is 86.4 cm³/mol. The third-order valence-corrected chi connectivity index (χ3v) is 3.45. The van der Waals surface area contributed by atoms with Gasteiger partial charge >= 0.3 is 0 Å². The molecule has 112 valence electrons. The van der Waals surface area contributed by atoms with Gasteiger partial charge in [-0.1, -0.05) is 42.5 Å². The summed E-state index contributed by atoms with van der Waals surface area (Å²) in [6, 6.07) is 16.5. The van der Waals surface area contributed by atoms with Crippen LogP contribution in [-0.4, -0.2) is 24.9 Å². The zero-order valence-corrected chi connectivity index (χ0v) is 12.7. The highest BCUT2D eigenvalue weighted by atomic mass is 16.5. The van der Waals surface area contributed by atoms with Gasteiger partial charge in [-0.05, 0) is 37.1 Å². The fraction of sp³-hybridized carbons (Fsp3) is 0.333. The fourth-order valence-corrected chi connectivity index (χ4v) is 2.23. The van der Waals surface area contributed by atoms with Gasteiger partial charge in [0, 0.05) is 12.1 Å². The first kappa shape index (κ1) is 15.5. The predicted octanol–water partition coefficient (Wildman–Crippen LogP) is 3.22. The number of methoxy groups -OCH3 is 1. The summed E-state index contributed by atoms with van der Waals surface area (Å²) in [5, 5.41) is 12.6. The Hall–Kier alpha value is -1.84. The number of hydrogen-bond acceptors (Lipinski definition) is 3. The summed E-state index contributed by atoms with van der Waals surface area (Å²) >= 11 is 0. The van der Waals surface area contributed by atoms with Crippen LogP contribution < -0.4 is 10.1 Å². The fourth-order valence-electron chi connectivity index (χ4n) is 2.23. The van der Waals surface area contributed by atoms with Crippen molar-refractivity contribution in [1.82, 2.24) is 5.32 Å². The minimum Gasteiger partial charge on any atom is -0.496 e. The van der Waals surface area contributed by atoms with Gasteiger partial charge in [0.1, 0.15) is 5.75 Å². The van der Waals surface area contributed by atoms with E-state index in [4.69, 9.17) is 4.74 Å². The van der Waals surface area contributed by atoms with E-state index in [1.54, 1.807) is 14.0 Å². The SMILES string of the molecule is COc1cc(-c2ccccc2)ccc1CNCCC(C)O. The lowest BCUT2D eigenvalue weighted by Crippen LogP contribution is -2.19. The Morgan fingerprint density at radius 3 is 2.52 bits per heavy atom. The molecule has 0 aliphatic carbocycles. The lowest BCUT2D eigenvalue weighted by Gasteiger charge is -2.12. The number of aliphatic hydroxyl groups excluding tert-OH is 1. The van der Waals surface area contributed by atoms with E-state index in [9.17, 15) is 5.11 Å². The summed E-state index contributed by atoms with van der Waals surface area (Å²) in [4.78, 5) is 0. The first-order valence-electron chi connectivity index (χ1n) is 7.32. The summed E-state index contributed by atoms with van der Waals surface area (Å²) in [5.41, 5.74) is 3.47. The Bertz CT molecular complexity index is 552. The lowest BCUT2D eigenvalue weighted by molar-refractivity contribution is 0.183. The molecule has 0 bridgehead atoms. The molecule has 0 spiro atoms. The van der Waals surface area contributed by atoms with Crippen molar-refractivity contribution in [2.45, 2.75) is 26.0 Å². The summed E-state index contributed by atoms with van der Waals surface area (Å²) in [7, 11) is 1.70. The maximum Gasteiger partial charge on any atom is 0.123 e. The minimum absolute atomic E-state index is 0.264. The van der Waals surface area contributed by atoms with E-state index in [0.717, 1.165) is 36.4 Å². The summed E-state index contributed by atoms with van der Waals surface area (Å²) in [6.07, 6.45) is 0.490. The molecule has 0 radical (unpaired) electrons. The van der Waals surface area contributed by atoms with Crippen molar-refractivity contribution in [1.29, 1.82) is 0 Å². The van der Waals surface area contributed by atoms with Crippen molar-refractivity contribution in [3.63, 3.8) is 0 Å². The van der Waals surface area contributed by atoms with Crippen LogP contribution in [0.1, 0.15) is 18.9 Å². The Labute approximate surface area is 126 Å². The third-order valence-electron chi connectivity index (χ3n) is 3.45. The molecule has 21 heavy (non-hydrogen) atoms. The molecule has 0 fully saturated rings. The van der Waals surface area contributed by atoms with Crippen LogP contribution in [0.5, 0.6) is 5.75 Å². The minimum atomic E-state index is -0.264. The van der Waals surface area contributed by atoms with Crippen LogP contribution in [0.2, 0.25) is 0 Å². The van der Waals surface area contributed by atoms with Crippen LogP contribution in [0.15, 0.2) is 48.5 Å². The molecule has 0 saturated heterocycles. The molecule has 2 aromatic rings. The van der Waals surface area contributed by atoms with Gasteiger partial charge in [0.05, 0.1) is 13.2 Å². The van der Waals surface area contributed by atoms with Crippen molar-refractivity contribution in [3.05, 3.63) is 54.1 Å². The number of ether oxygens (including phenoxy) is 1. The zero-order valence-electron chi connectivity index (χ0n) is 12.7. The zero-order chi connectivity index (χ0) is 15.1. The number of benzene rings is 2. The molecule has 0 heterocycles. The lowest BCUT2D eigenvalue weighted by atomic mass is 10.0. The van der Waals surface area contributed by atoms with Crippen molar-refractivity contribution in [2.75, 3.05) is 13.7 Å². The average molecular weight is 285 g/mol. The van der Waals surface area contributed by atoms with Crippen LogP contribution in [-0.2, 0) is 6.54 Å². The molecule has 1 unspecified atom stereocenters. The summed E-state index contributed by atoms with van der Waals surface area (Å²) in [5.74, 6) is 0.890. The standard InChI is InChI=1S/C18H23NO2/c1-14(20)10-11-19-13-17-9-8-16(12-18(17)21-2)15-6-4-3-5-7-15/h3-9,12,14,19-20H,10-11,13H2,1-2H3. The Morgan fingerprint density at radius 1 is 1.10 bits per heavy atom. The average Bonchev–Trinajstić information content (AvgIpc) is 2.52. The van der Waals surface area contributed by atoms with Gasteiger partial charge in [-0.25, -0.2) is 0 Å². The molecular formula is C18H23NO2. The van der Waals surface area contributed by atoms with Gasteiger partial charge in [0.2, 0.25) is 0 Å². The van der Waals surface area contributed by atoms with Crippen LogP contribution in [0.25, 0.3) is 11.1 Å². The number of nitrogens with one attached hydrogen (secondary N) is 1. The van der Waals surface area contributed by atoms with Crippen molar-refractivity contribution < 1.29 is 9.84 Å². The largest absolute Gasteiger partial charge is 0.496 e. The van der Waals surface area contributed by atoms with E-state index in [2.05, 4.69) is 35.6 Å². The molecule has 2 N–H and O–H groups in total. The van der Waals surface area contributed by atoms with Crippen LogP contribution in [0, 0.1) is 0 Å². The number of hydrogen-bond donors (Lipinski definition) is 2. The maximum absolute atomic E-state index is 9.25. The van der Waals surface area contributed by atoms with E-state index >= 15 is 0 Å². The highest BCUT2D eigenvalue weighted by molar-refractivity contribution is 5.66. The van der Waals surface area contributed by atoms with Gasteiger partial charge in [-0.15, -0.1) is 0 Å². The van der Waals surface area contributed by atoms with Gasteiger partial charge in [-0.3, -0.25) is 0 Å². The van der Waals surface area contributed by atoms with Gasteiger partial charge in [0.25, 0.3) is 0 Å². The van der Waals surface area contributed by atoms with Crippen molar-refractivity contribution >= 4 is 0 Å². The quantitative estimate of drug-likeness (QED) is 0.768. The molecule has 1 atom stereocenters. The molecule has 0 amide bonds. The van der Waals surface area contributed by atoms with Gasteiger partial charge in [0.15, 0.2) is 0 Å². The van der Waals surface area contributed by atoms with Crippen molar-refractivity contribution in [3.8, 4) is 16.9 Å². The Morgan fingerprint density at radius 2 is 1.86 bits per heavy atom. The molecule has 2 aromatic carbocycles. The molecule has 3 heteroatoms. The first-order valence-corrected chi connectivity index (χ1v) is 7.32. The second-order valence-corrected chi connectivity index (χ2v) is 5.21. The normalized spacial score (nSPS) is 12.1. The molecule has 0 aliphatic rings. The van der Waals surface area contributed by atoms with Crippen LogP contribution >= 0.6 is 0 Å². The highest BCUT2D eigenvalue weighted by Crippen LogP contribution is 2.27. The van der Waals surface area contributed by atoms with Crippen molar-refractivity contribution in [2.24, 2.45) is 0 Å². The van der Waals surface area contributed by atoms with Crippen LogP contribution in [0.4, 0.5) is 0 Å². The Kier molecular flexibility index (Phi) is 5.78. The number of aliphatic hydroxyl groups is 1. The maximum atomic E-state index is 9.25. The first-order chi connectivity index (χ1) is 10.2. The smallest absolute Gasteiger partial charge is 0.123 e.